The molecule has 1 N–H and O–H groups in total. The molecule has 0 spiro atoms. The van der Waals surface area contributed by atoms with Crippen LogP contribution in [0.1, 0.15) is 52.5 Å². The second kappa shape index (κ2) is 7.25. The normalized spacial score (nSPS) is 14.1. The Kier molecular flexibility index (Phi) is 5.94. The zero-order valence-corrected chi connectivity index (χ0v) is 13.5. The zero-order chi connectivity index (χ0) is 16.0. The van der Waals surface area contributed by atoms with Crippen molar-refractivity contribution >= 4 is 11.9 Å². The van der Waals surface area contributed by atoms with Crippen LogP contribution in [0.15, 0.2) is 30.3 Å². The summed E-state index contributed by atoms with van der Waals surface area (Å²) in [6.07, 6.45) is 0.677. The molecule has 0 saturated heterocycles. The fourth-order valence-electron chi connectivity index (χ4n) is 2.02. The number of hydrogen-bond acceptors (Lipinski definition) is 3. The average molecular weight is 291 g/mol. The van der Waals surface area contributed by atoms with Crippen LogP contribution in [0.5, 0.6) is 0 Å². The maximum Gasteiger partial charge on any atom is 0.328 e. The second-order valence-corrected chi connectivity index (χ2v) is 6.14. The first kappa shape index (κ1) is 17.2. The van der Waals surface area contributed by atoms with Gasteiger partial charge in [0, 0.05) is 0 Å². The van der Waals surface area contributed by atoms with Crippen molar-refractivity contribution in [3.8, 4) is 0 Å². The van der Waals surface area contributed by atoms with Crippen molar-refractivity contribution < 1.29 is 14.3 Å². The molecule has 4 heteroatoms. The molecule has 0 aliphatic rings. The van der Waals surface area contributed by atoms with E-state index in [1.165, 1.54) is 0 Å². The Hall–Kier alpha value is -1.84. The predicted octanol–water partition coefficient (Wildman–Crippen LogP) is 3.03. The summed E-state index contributed by atoms with van der Waals surface area (Å²) in [6, 6.07) is 8.91. The van der Waals surface area contributed by atoms with Crippen LogP contribution in [0, 0.1) is 0 Å². The molecule has 0 aliphatic heterocycles. The van der Waals surface area contributed by atoms with Gasteiger partial charge in [-0.25, -0.2) is 4.79 Å². The van der Waals surface area contributed by atoms with Gasteiger partial charge in [0.2, 0.25) is 5.91 Å². The molecule has 0 bridgehead atoms. The summed E-state index contributed by atoms with van der Waals surface area (Å²) in [5, 5.41) is 2.74. The maximum atomic E-state index is 12.3. The summed E-state index contributed by atoms with van der Waals surface area (Å²) in [6.45, 7) is 9.01. The van der Waals surface area contributed by atoms with Gasteiger partial charge in [0.05, 0.1) is 5.92 Å². The summed E-state index contributed by atoms with van der Waals surface area (Å²) in [5.41, 5.74) is 0.397. The lowest BCUT2D eigenvalue weighted by Crippen LogP contribution is -2.43. The van der Waals surface area contributed by atoms with E-state index in [-0.39, 0.29) is 11.8 Å². The SMILES string of the molecule is CCC(C(=O)N[C@@H](C)C(=O)OC(C)(C)C)c1ccccc1. The molecular weight excluding hydrogens is 266 g/mol. The van der Waals surface area contributed by atoms with Crippen molar-refractivity contribution in [2.45, 2.75) is 58.6 Å². The number of nitrogens with one attached hydrogen (secondary N) is 1. The molecular formula is C17H25NO3. The van der Waals surface area contributed by atoms with Gasteiger partial charge in [-0.05, 0) is 39.7 Å². The van der Waals surface area contributed by atoms with Gasteiger partial charge in [0.25, 0.3) is 0 Å². The number of carbonyl (C=O) groups is 2. The van der Waals surface area contributed by atoms with Crippen LogP contribution < -0.4 is 5.32 Å². The smallest absolute Gasteiger partial charge is 0.328 e. The molecule has 1 unspecified atom stereocenters. The van der Waals surface area contributed by atoms with E-state index in [0.29, 0.717) is 6.42 Å². The minimum absolute atomic E-state index is 0.151. The Bertz CT molecular complexity index is 477. The van der Waals surface area contributed by atoms with Crippen molar-refractivity contribution in [2.75, 3.05) is 0 Å². The monoisotopic (exact) mass is 291 g/mol. The average Bonchev–Trinajstić information content (AvgIpc) is 2.38. The van der Waals surface area contributed by atoms with Crippen LogP contribution in [-0.4, -0.2) is 23.5 Å². The van der Waals surface area contributed by atoms with E-state index in [1.54, 1.807) is 27.7 Å². The maximum absolute atomic E-state index is 12.3. The van der Waals surface area contributed by atoms with Crippen molar-refractivity contribution in [2.24, 2.45) is 0 Å². The second-order valence-electron chi connectivity index (χ2n) is 6.14. The highest BCUT2D eigenvalue weighted by molar-refractivity contribution is 5.88. The lowest BCUT2D eigenvalue weighted by Gasteiger charge is -2.24. The number of esters is 1. The Balaban J connectivity index is 2.68. The lowest BCUT2D eigenvalue weighted by molar-refractivity contribution is -0.158. The minimum Gasteiger partial charge on any atom is -0.458 e. The molecule has 0 heterocycles. The molecule has 2 atom stereocenters. The Morgan fingerprint density at radius 1 is 1.19 bits per heavy atom. The van der Waals surface area contributed by atoms with E-state index in [1.807, 2.05) is 37.3 Å². The van der Waals surface area contributed by atoms with Gasteiger partial charge >= 0.3 is 5.97 Å². The molecule has 1 aromatic carbocycles. The Morgan fingerprint density at radius 2 is 1.76 bits per heavy atom. The predicted molar refractivity (Wildman–Crippen MR) is 82.9 cm³/mol. The number of benzene rings is 1. The molecule has 1 rings (SSSR count). The van der Waals surface area contributed by atoms with Crippen LogP contribution >= 0.6 is 0 Å². The van der Waals surface area contributed by atoms with E-state index in [4.69, 9.17) is 4.74 Å². The highest BCUT2D eigenvalue weighted by atomic mass is 16.6. The Labute approximate surface area is 126 Å². The highest BCUT2D eigenvalue weighted by Crippen LogP contribution is 2.19. The summed E-state index contributed by atoms with van der Waals surface area (Å²) in [7, 11) is 0. The van der Waals surface area contributed by atoms with Crippen molar-refractivity contribution in [3.05, 3.63) is 35.9 Å². The van der Waals surface area contributed by atoms with E-state index in [2.05, 4.69) is 5.32 Å². The van der Waals surface area contributed by atoms with Gasteiger partial charge in [-0.2, -0.15) is 0 Å². The summed E-state index contributed by atoms with van der Waals surface area (Å²) in [5.74, 6) is -0.822. The standard InChI is InChI=1S/C17H25NO3/c1-6-14(13-10-8-7-9-11-13)15(19)18-12(2)16(20)21-17(3,4)5/h7-12,14H,6H2,1-5H3,(H,18,19)/t12-,14?/m0/s1. The number of amides is 1. The van der Waals surface area contributed by atoms with E-state index in [0.717, 1.165) is 5.56 Å². The summed E-state index contributed by atoms with van der Waals surface area (Å²) in [4.78, 5) is 24.2. The first-order chi connectivity index (χ1) is 9.74. The first-order valence-corrected chi connectivity index (χ1v) is 7.32. The van der Waals surface area contributed by atoms with Crippen LogP contribution in [0.3, 0.4) is 0 Å². The zero-order valence-electron chi connectivity index (χ0n) is 13.5. The minimum atomic E-state index is -0.658. The van der Waals surface area contributed by atoms with Crippen LogP contribution in [0.25, 0.3) is 0 Å². The third-order valence-electron chi connectivity index (χ3n) is 3.05. The molecule has 0 fully saturated rings. The van der Waals surface area contributed by atoms with E-state index >= 15 is 0 Å². The van der Waals surface area contributed by atoms with Crippen LogP contribution in [0.2, 0.25) is 0 Å². The van der Waals surface area contributed by atoms with E-state index in [9.17, 15) is 9.59 Å². The third kappa shape index (κ3) is 5.58. The number of rotatable bonds is 5. The van der Waals surface area contributed by atoms with Gasteiger partial charge in [0.15, 0.2) is 0 Å². The quantitative estimate of drug-likeness (QED) is 0.848. The molecule has 0 saturated carbocycles. The lowest BCUT2D eigenvalue weighted by atomic mass is 9.95. The molecule has 21 heavy (non-hydrogen) atoms. The molecule has 116 valence electrons. The Morgan fingerprint density at radius 3 is 2.24 bits per heavy atom. The topological polar surface area (TPSA) is 55.4 Å². The van der Waals surface area contributed by atoms with Crippen molar-refractivity contribution in [1.29, 1.82) is 0 Å². The molecule has 1 aromatic rings. The number of ether oxygens (including phenoxy) is 1. The third-order valence-corrected chi connectivity index (χ3v) is 3.05. The van der Waals surface area contributed by atoms with Gasteiger partial charge < -0.3 is 10.1 Å². The van der Waals surface area contributed by atoms with Crippen LogP contribution in [0.4, 0.5) is 0 Å². The molecule has 4 nitrogen and oxygen atoms in total. The summed E-state index contributed by atoms with van der Waals surface area (Å²) < 4.78 is 5.27. The van der Waals surface area contributed by atoms with Gasteiger partial charge in [-0.15, -0.1) is 0 Å². The molecule has 1 amide bonds. The van der Waals surface area contributed by atoms with Gasteiger partial charge in [-0.1, -0.05) is 37.3 Å². The van der Waals surface area contributed by atoms with Crippen molar-refractivity contribution in [1.82, 2.24) is 5.32 Å². The molecule has 0 radical (unpaired) electrons. The van der Waals surface area contributed by atoms with Crippen LogP contribution in [-0.2, 0) is 14.3 Å². The number of carbonyl (C=O) groups excluding carboxylic acids is 2. The first-order valence-electron chi connectivity index (χ1n) is 7.32. The molecule has 0 aromatic heterocycles. The van der Waals surface area contributed by atoms with Gasteiger partial charge in [-0.3, -0.25) is 4.79 Å². The largest absolute Gasteiger partial charge is 0.458 e. The molecule has 0 aliphatic carbocycles. The summed E-state index contributed by atoms with van der Waals surface area (Å²) >= 11 is 0. The van der Waals surface area contributed by atoms with Gasteiger partial charge in [0.1, 0.15) is 11.6 Å². The van der Waals surface area contributed by atoms with E-state index < -0.39 is 17.6 Å². The van der Waals surface area contributed by atoms with Crippen molar-refractivity contribution in [3.63, 3.8) is 0 Å². The fourth-order valence-corrected chi connectivity index (χ4v) is 2.02. The fraction of sp³-hybridized carbons (Fsp3) is 0.529. The number of hydrogen-bond donors (Lipinski definition) is 1. The highest BCUT2D eigenvalue weighted by Gasteiger charge is 2.26.